The first-order valence-electron chi connectivity index (χ1n) is 51.7. The molecule has 6 nitrogen and oxygen atoms in total. The summed E-state index contributed by atoms with van der Waals surface area (Å²) in [5.41, 5.74) is 25.3. The predicted molar refractivity (Wildman–Crippen MR) is 657 cm³/mol. The Morgan fingerprint density at radius 2 is 0.253 bits per heavy atom. The van der Waals surface area contributed by atoms with Crippen LogP contribution in [0.25, 0.3) is 86.9 Å². The summed E-state index contributed by atoms with van der Waals surface area (Å²) in [4.78, 5) is 14.7. The molecule has 12 heteroatoms. The van der Waals surface area contributed by atoms with Gasteiger partial charge in [0, 0.05) is 0 Å². The molecule has 0 aliphatic rings. The van der Waals surface area contributed by atoms with E-state index in [0.717, 1.165) is 68.2 Å². The van der Waals surface area contributed by atoms with Gasteiger partial charge in [0.1, 0.15) is 0 Å². The molecule has 146 heavy (non-hydrogen) atoms. The molecule has 0 spiro atoms. The van der Waals surface area contributed by atoms with E-state index in [1.54, 1.807) is 0 Å². The zero-order valence-corrected chi connectivity index (χ0v) is 100. The van der Waals surface area contributed by atoms with Crippen molar-refractivity contribution in [3.8, 4) is 22.3 Å². The molecule has 22 rings (SSSR count). The van der Waals surface area contributed by atoms with Crippen LogP contribution in [0.15, 0.2) is 461 Å². The van der Waals surface area contributed by atoms with E-state index >= 15 is 0 Å². The van der Waals surface area contributed by atoms with Crippen LogP contribution < -0.4 is 55.8 Å². The molecule has 0 aliphatic carbocycles. The molecule has 0 aromatic heterocycles. The molecule has 22 aromatic carbocycles. The first kappa shape index (κ1) is 99.0. The molecule has 0 atom stereocenters. The molecule has 0 bridgehead atoms. The van der Waals surface area contributed by atoms with Gasteiger partial charge < -0.3 is 0 Å². The molecule has 0 unspecified atom stereocenters. The van der Waals surface area contributed by atoms with Gasteiger partial charge in [0.2, 0.25) is 0 Å². The van der Waals surface area contributed by atoms with Gasteiger partial charge in [-0.15, -0.1) is 0 Å². The number of rotatable bonds is 26. The molecule has 0 N–H and O–H groups in total. The van der Waals surface area contributed by atoms with Crippen LogP contribution in [0.4, 0.5) is 102 Å². The van der Waals surface area contributed by atoms with Gasteiger partial charge in [-0.3, -0.25) is 0 Å². The van der Waals surface area contributed by atoms with Gasteiger partial charge in [-0.2, -0.15) is 0 Å². The number of nitrogens with zero attached hydrogens (tertiary/aromatic N) is 6. The van der Waals surface area contributed by atoms with Crippen molar-refractivity contribution in [2.45, 2.75) is 104 Å². The monoisotopic (exact) mass is 2270 g/mol. The molecule has 0 saturated carbocycles. The van der Waals surface area contributed by atoms with Crippen LogP contribution in [0.3, 0.4) is 0 Å². The minimum absolute atomic E-state index is 1.08. The van der Waals surface area contributed by atoms with Crippen molar-refractivity contribution in [2.24, 2.45) is 0 Å². The number of hydrogen-bond donors (Lipinski definition) is 0. The van der Waals surface area contributed by atoms with E-state index in [1.807, 2.05) is 0 Å². The zero-order valence-electron chi connectivity index (χ0n) is 87.6. The number of benzene rings is 22. The van der Waals surface area contributed by atoms with Gasteiger partial charge in [-0.05, 0) is 22.3 Å². The van der Waals surface area contributed by atoms with Crippen LogP contribution in [0.1, 0.15) is 0 Å². The topological polar surface area (TPSA) is 19.4 Å². The summed E-state index contributed by atoms with van der Waals surface area (Å²) in [7, 11) is 0. The molecular weight excluding hydrogens is 2130 g/mol. The summed E-state index contributed by atoms with van der Waals surface area (Å²) in [5.74, 6) is 44.6. The van der Waals surface area contributed by atoms with E-state index in [1.165, 1.54) is 147 Å². The average Bonchev–Trinajstić information content (AvgIpc) is 0.720. The maximum absolute atomic E-state index is 2.50. The second-order valence-electron chi connectivity index (χ2n) is 45.5. The SMILES string of the molecule is [CH3][Ge]([CH3])([CH3])[c]1ccc(N(c2cc[c]([Ge]([CH3])([CH3])[CH3])cc2)c2ccc3ccc4c(N(c5cc[c]([Ge]([CH3])([CH3])[CH3])cc5)c5cc[c]([Ge]([CH3])([CH3])[CH3])cc5)ccc5ccc2c3c54)cc1.[CH3][Ge]([CH3])([CH3])[c]1ccc(N(c2ccc(N(c3ccccc3)c3ccc(-c4ccccc4)cc3)cc2)c2ccc3ccc4c(N(c5ccc(N(c6ccccc6)c6ccc(-c7ccccc7)cc6)cc5)c5cc[c]([Ge]([CH3])([CH3])[CH3])cc5)ccc5ccc2c3c54)cc1. The van der Waals surface area contributed by atoms with Crippen molar-refractivity contribution >= 4 is 273 Å². The Labute approximate surface area is 880 Å². The quantitative estimate of drug-likeness (QED) is 0.0395. The molecule has 22 aromatic rings. The molecule has 720 valence electrons. The van der Waals surface area contributed by atoms with Crippen molar-refractivity contribution in [3.05, 3.63) is 461 Å². The third-order valence-electron chi connectivity index (χ3n) is 29.4. The van der Waals surface area contributed by atoms with Crippen LogP contribution in [0.5, 0.6) is 0 Å². The third-order valence-corrected chi connectivity index (χ3v) is 55.4. The summed E-state index contributed by atoms with van der Waals surface area (Å²) < 4.78 is 9.07. The van der Waals surface area contributed by atoms with E-state index in [4.69, 9.17) is 0 Å². The van der Waals surface area contributed by atoms with Crippen molar-refractivity contribution in [2.75, 3.05) is 29.4 Å². The Hall–Kier alpha value is -13.0. The van der Waals surface area contributed by atoms with Crippen LogP contribution in [-0.4, -0.2) is 79.6 Å². The average molecular weight is 2260 g/mol. The van der Waals surface area contributed by atoms with Crippen molar-refractivity contribution in [1.29, 1.82) is 0 Å². The Morgan fingerprint density at radius 3 is 0.432 bits per heavy atom. The van der Waals surface area contributed by atoms with E-state index in [2.05, 4.69) is 594 Å². The summed E-state index contributed by atoms with van der Waals surface area (Å²) in [6, 6.07) is 173. The Kier molecular flexibility index (Phi) is 27.3. The second kappa shape index (κ2) is 40.3. The Morgan fingerprint density at radius 1 is 0.116 bits per heavy atom. The summed E-state index contributed by atoms with van der Waals surface area (Å²) >= 11 is -12.3. The normalized spacial score (nSPS) is 12.2. The summed E-state index contributed by atoms with van der Waals surface area (Å²) in [5, 5.41) is 15.1. The van der Waals surface area contributed by atoms with Crippen molar-refractivity contribution in [3.63, 3.8) is 0 Å². The Balaban J connectivity index is 0.000000187. The van der Waals surface area contributed by atoms with Crippen LogP contribution in [0.2, 0.25) is 104 Å². The number of hydrogen-bond acceptors (Lipinski definition) is 6. The molecular formula is C134H130Ge6N6. The number of anilines is 18. The first-order chi connectivity index (χ1) is 70.2. The first-order valence-corrected chi connectivity index (χ1v) is 95.7. The van der Waals surface area contributed by atoms with Gasteiger partial charge in [0.05, 0.1) is 0 Å². The number of para-hydroxylation sites is 2. The van der Waals surface area contributed by atoms with Crippen LogP contribution in [-0.2, 0) is 0 Å². The molecule has 0 aliphatic heterocycles. The van der Waals surface area contributed by atoms with E-state index in [-0.39, 0.29) is 0 Å². The third kappa shape index (κ3) is 20.2. The maximum atomic E-state index is 2.50. The van der Waals surface area contributed by atoms with Crippen molar-refractivity contribution in [1.82, 2.24) is 0 Å². The van der Waals surface area contributed by atoms with Gasteiger partial charge in [-0.1, -0.05) is 121 Å². The molecule has 0 saturated heterocycles. The fourth-order valence-corrected chi connectivity index (χ4v) is 35.8. The summed E-state index contributed by atoms with van der Waals surface area (Å²) in [6.07, 6.45) is 0. The van der Waals surface area contributed by atoms with Gasteiger partial charge in [0.15, 0.2) is 0 Å². The second-order valence-corrected chi connectivity index (χ2v) is 109. The van der Waals surface area contributed by atoms with E-state index in [9.17, 15) is 0 Å². The fourth-order valence-electron chi connectivity index (χ4n) is 21.1. The fraction of sp³-hybridized carbons (Fsp3) is 0.134. The predicted octanol–water partition coefficient (Wildman–Crippen LogP) is 36.6. The van der Waals surface area contributed by atoms with Crippen molar-refractivity contribution < 1.29 is 0 Å². The van der Waals surface area contributed by atoms with Gasteiger partial charge in [0.25, 0.3) is 0 Å². The summed E-state index contributed by atoms with van der Waals surface area (Å²) in [6.45, 7) is 0. The molecule has 0 heterocycles. The van der Waals surface area contributed by atoms with Crippen LogP contribution >= 0.6 is 0 Å². The zero-order chi connectivity index (χ0) is 101. The van der Waals surface area contributed by atoms with Gasteiger partial charge >= 0.3 is 746 Å². The molecule has 0 amide bonds. The standard InChI is InChI=1S/C82H70Ge2N4.C52H60Ge4N2/c1-83(2,3)65-35-43-73(44-36-65)87(75-51-47-71(48-52-75)85(67-23-15-9-16-24-67)69-39-27-61(28-40-69)59-19-11-7-12-20-59)79-57-33-63-32-56-78-80(58-34-64-31-55-77(79)81(63)82(64)78)88(74-45-37-66(38-46-74)84(4,5)6)76-53-49-72(50-54-76)86(68-25-17-10-18-26-68)70-41-29-62(30-42-70)60-21-13-8-14-22-60;1-53(2,3)39-17-25-43(26-18-39)57(44-27-19-40(20-28-44)54(4,5)6)49-35-15-37-14-34-48-50(36-16-38-13-33-47(49)51(37)52(38)48)58(45-29-21-41(22-30-45)55(7,8)9)46-31-23-42(24-32-46)56(10,11)12/h7-58H,1-6H3;13-36H,1-12H3. The molecule has 0 fully saturated rings. The Bertz CT molecular complexity index is 7760. The van der Waals surface area contributed by atoms with Crippen LogP contribution in [0, 0.1) is 0 Å². The van der Waals surface area contributed by atoms with Gasteiger partial charge in [-0.25, -0.2) is 0 Å². The van der Waals surface area contributed by atoms with E-state index < -0.39 is 79.6 Å². The minimum atomic E-state index is -2.16. The molecule has 0 radical (unpaired) electrons. The van der Waals surface area contributed by atoms with E-state index in [0.29, 0.717) is 0 Å².